The number of amides is 1. The van der Waals surface area contributed by atoms with E-state index in [-0.39, 0.29) is 5.91 Å². The van der Waals surface area contributed by atoms with Crippen LogP contribution in [0.5, 0.6) is 0 Å². The highest BCUT2D eigenvalue weighted by molar-refractivity contribution is 6.33. The standard InChI is InChI=1S/C12H10ClN3O/c13-11-8-15-5-3-10(11)12(17)16-7-9-2-1-4-14-6-9/h1-6,8H,7H2,(H,16,17). The second-order valence-electron chi connectivity index (χ2n) is 3.40. The topological polar surface area (TPSA) is 54.9 Å². The van der Waals surface area contributed by atoms with Crippen LogP contribution in [0.3, 0.4) is 0 Å². The van der Waals surface area contributed by atoms with Crippen molar-refractivity contribution in [3.8, 4) is 0 Å². The van der Waals surface area contributed by atoms with E-state index in [2.05, 4.69) is 15.3 Å². The van der Waals surface area contributed by atoms with Crippen LogP contribution in [0.1, 0.15) is 15.9 Å². The zero-order chi connectivity index (χ0) is 12.1. The Labute approximate surface area is 104 Å². The van der Waals surface area contributed by atoms with E-state index in [0.717, 1.165) is 5.56 Å². The molecule has 0 aromatic carbocycles. The summed E-state index contributed by atoms with van der Waals surface area (Å²) < 4.78 is 0. The Morgan fingerprint density at radius 2 is 2.06 bits per heavy atom. The Hall–Kier alpha value is -1.94. The van der Waals surface area contributed by atoms with Gasteiger partial charge >= 0.3 is 0 Å². The SMILES string of the molecule is O=C(NCc1cccnc1)c1ccncc1Cl. The lowest BCUT2D eigenvalue weighted by Gasteiger charge is -2.05. The van der Waals surface area contributed by atoms with E-state index in [1.807, 2.05) is 12.1 Å². The maximum absolute atomic E-state index is 11.8. The van der Waals surface area contributed by atoms with Gasteiger partial charge in [-0.1, -0.05) is 17.7 Å². The van der Waals surface area contributed by atoms with E-state index in [1.54, 1.807) is 18.5 Å². The monoisotopic (exact) mass is 247 g/mol. The third kappa shape index (κ3) is 3.01. The molecule has 5 heteroatoms. The van der Waals surface area contributed by atoms with Crippen molar-refractivity contribution in [2.45, 2.75) is 6.54 Å². The van der Waals surface area contributed by atoms with Gasteiger partial charge in [-0.05, 0) is 17.7 Å². The number of rotatable bonds is 3. The van der Waals surface area contributed by atoms with Crippen molar-refractivity contribution < 1.29 is 4.79 Å². The van der Waals surface area contributed by atoms with Crippen LogP contribution in [-0.4, -0.2) is 15.9 Å². The first-order valence-electron chi connectivity index (χ1n) is 5.04. The number of aromatic nitrogens is 2. The van der Waals surface area contributed by atoms with Crippen LogP contribution in [0.4, 0.5) is 0 Å². The first kappa shape index (κ1) is 11.5. The lowest BCUT2D eigenvalue weighted by atomic mass is 10.2. The molecular formula is C12H10ClN3O. The van der Waals surface area contributed by atoms with E-state index in [0.29, 0.717) is 17.1 Å². The average Bonchev–Trinajstić information content (AvgIpc) is 2.38. The number of carbonyl (C=O) groups is 1. The van der Waals surface area contributed by atoms with E-state index >= 15 is 0 Å². The molecule has 0 fully saturated rings. The van der Waals surface area contributed by atoms with Crippen LogP contribution in [-0.2, 0) is 6.54 Å². The highest BCUT2D eigenvalue weighted by Crippen LogP contribution is 2.12. The van der Waals surface area contributed by atoms with Gasteiger partial charge < -0.3 is 5.32 Å². The minimum atomic E-state index is -0.221. The zero-order valence-corrected chi connectivity index (χ0v) is 9.69. The van der Waals surface area contributed by atoms with E-state index in [9.17, 15) is 4.79 Å². The molecule has 2 heterocycles. The maximum Gasteiger partial charge on any atom is 0.253 e. The van der Waals surface area contributed by atoms with Crippen molar-refractivity contribution >= 4 is 17.5 Å². The minimum absolute atomic E-state index is 0.221. The van der Waals surface area contributed by atoms with Crippen LogP contribution in [0.25, 0.3) is 0 Å². The molecule has 0 atom stereocenters. The molecule has 0 aliphatic rings. The Balaban J connectivity index is 2.01. The molecule has 0 aliphatic carbocycles. The number of carbonyl (C=O) groups excluding carboxylic acids is 1. The van der Waals surface area contributed by atoms with Gasteiger partial charge in [0.2, 0.25) is 0 Å². The van der Waals surface area contributed by atoms with Crippen molar-refractivity contribution in [1.82, 2.24) is 15.3 Å². The molecule has 2 aromatic heterocycles. The van der Waals surface area contributed by atoms with Crippen LogP contribution in [0.15, 0.2) is 43.0 Å². The van der Waals surface area contributed by atoms with Crippen LogP contribution < -0.4 is 5.32 Å². The van der Waals surface area contributed by atoms with Crippen molar-refractivity contribution in [2.75, 3.05) is 0 Å². The van der Waals surface area contributed by atoms with Gasteiger partial charge in [0.1, 0.15) is 0 Å². The Kier molecular flexibility index (Phi) is 3.67. The van der Waals surface area contributed by atoms with Crippen molar-refractivity contribution in [1.29, 1.82) is 0 Å². The quantitative estimate of drug-likeness (QED) is 0.903. The van der Waals surface area contributed by atoms with Crippen molar-refractivity contribution in [3.05, 3.63) is 59.1 Å². The molecule has 2 aromatic rings. The molecule has 1 amide bonds. The van der Waals surface area contributed by atoms with E-state index in [1.165, 1.54) is 12.4 Å². The second-order valence-corrected chi connectivity index (χ2v) is 3.81. The van der Waals surface area contributed by atoms with Crippen LogP contribution in [0.2, 0.25) is 5.02 Å². The third-order valence-corrected chi connectivity index (χ3v) is 2.49. The molecule has 0 bridgehead atoms. The minimum Gasteiger partial charge on any atom is -0.348 e. The predicted octanol–water partition coefficient (Wildman–Crippen LogP) is 2.06. The molecule has 2 rings (SSSR count). The van der Waals surface area contributed by atoms with Gasteiger partial charge in [0.25, 0.3) is 5.91 Å². The molecule has 1 N–H and O–H groups in total. The predicted molar refractivity (Wildman–Crippen MR) is 64.7 cm³/mol. The van der Waals surface area contributed by atoms with Gasteiger partial charge in [-0.3, -0.25) is 14.8 Å². The molecule has 0 unspecified atom stereocenters. The number of hydrogen-bond donors (Lipinski definition) is 1. The summed E-state index contributed by atoms with van der Waals surface area (Å²) >= 11 is 5.87. The number of hydrogen-bond acceptors (Lipinski definition) is 3. The van der Waals surface area contributed by atoms with Gasteiger partial charge in [-0.25, -0.2) is 0 Å². The molecule has 0 saturated heterocycles. The Bertz CT molecular complexity index is 516. The summed E-state index contributed by atoms with van der Waals surface area (Å²) in [6.45, 7) is 0.422. The summed E-state index contributed by atoms with van der Waals surface area (Å²) in [7, 11) is 0. The molecule has 86 valence electrons. The molecule has 0 saturated carbocycles. The zero-order valence-electron chi connectivity index (χ0n) is 8.93. The molecule has 0 radical (unpaired) electrons. The van der Waals surface area contributed by atoms with Gasteiger partial charge in [-0.15, -0.1) is 0 Å². The van der Waals surface area contributed by atoms with E-state index < -0.39 is 0 Å². The molecular weight excluding hydrogens is 238 g/mol. The fourth-order valence-corrected chi connectivity index (χ4v) is 1.54. The third-order valence-electron chi connectivity index (χ3n) is 2.19. The smallest absolute Gasteiger partial charge is 0.253 e. The fourth-order valence-electron chi connectivity index (χ4n) is 1.34. The molecule has 0 aliphatic heterocycles. The first-order valence-corrected chi connectivity index (χ1v) is 5.42. The maximum atomic E-state index is 11.8. The highest BCUT2D eigenvalue weighted by atomic mass is 35.5. The fraction of sp³-hybridized carbons (Fsp3) is 0.0833. The Morgan fingerprint density at radius 1 is 1.24 bits per heavy atom. The molecule has 17 heavy (non-hydrogen) atoms. The number of pyridine rings is 2. The lowest BCUT2D eigenvalue weighted by Crippen LogP contribution is -2.23. The lowest BCUT2D eigenvalue weighted by molar-refractivity contribution is 0.0951. The second kappa shape index (κ2) is 5.41. The Morgan fingerprint density at radius 3 is 2.76 bits per heavy atom. The van der Waals surface area contributed by atoms with Gasteiger partial charge in [0, 0.05) is 31.3 Å². The summed E-state index contributed by atoms with van der Waals surface area (Å²) in [5.74, 6) is -0.221. The number of nitrogens with one attached hydrogen (secondary N) is 1. The summed E-state index contributed by atoms with van der Waals surface area (Å²) in [5, 5.41) is 3.11. The van der Waals surface area contributed by atoms with Gasteiger partial charge in [0.05, 0.1) is 10.6 Å². The first-order chi connectivity index (χ1) is 8.27. The van der Waals surface area contributed by atoms with Crippen LogP contribution in [0, 0.1) is 0 Å². The summed E-state index contributed by atoms with van der Waals surface area (Å²) in [5.41, 5.74) is 1.36. The highest BCUT2D eigenvalue weighted by Gasteiger charge is 2.09. The summed E-state index contributed by atoms with van der Waals surface area (Å²) in [6.07, 6.45) is 6.37. The molecule has 0 spiro atoms. The molecule has 4 nitrogen and oxygen atoms in total. The van der Waals surface area contributed by atoms with Gasteiger partial charge in [-0.2, -0.15) is 0 Å². The van der Waals surface area contributed by atoms with Crippen molar-refractivity contribution in [2.24, 2.45) is 0 Å². The number of halogens is 1. The van der Waals surface area contributed by atoms with E-state index in [4.69, 9.17) is 11.6 Å². The number of nitrogens with zero attached hydrogens (tertiary/aromatic N) is 2. The normalized spacial score (nSPS) is 9.94. The largest absolute Gasteiger partial charge is 0.348 e. The summed E-state index contributed by atoms with van der Waals surface area (Å²) in [6, 6.07) is 5.29. The summed E-state index contributed by atoms with van der Waals surface area (Å²) in [4.78, 5) is 19.6. The van der Waals surface area contributed by atoms with Gasteiger partial charge in [0.15, 0.2) is 0 Å². The average molecular weight is 248 g/mol. The van der Waals surface area contributed by atoms with Crippen molar-refractivity contribution in [3.63, 3.8) is 0 Å². The van der Waals surface area contributed by atoms with Crippen LogP contribution >= 0.6 is 11.6 Å².